The van der Waals surface area contributed by atoms with E-state index in [0.717, 1.165) is 21.1 Å². The zero-order valence-electron chi connectivity index (χ0n) is 16.6. The molecular weight excluding hydrogens is 500 g/mol. The van der Waals surface area contributed by atoms with Gasteiger partial charge < -0.3 is 19.5 Å². The SMILES string of the molecule is C=CCOc1ccc(Br)cc1/C=C1/SC(=O)N(CC(=O)Nc2ccc3c(c2)OCO3)C1=O. The number of amides is 3. The smallest absolute Gasteiger partial charge is 0.294 e. The van der Waals surface area contributed by atoms with Gasteiger partial charge in [-0.25, -0.2) is 0 Å². The Kier molecular flexibility index (Phi) is 6.52. The Balaban J connectivity index is 1.46. The summed E-state index contributed by atoms with van der Waals surface area (Å²) < 4.78 is 16.9. The van der Waals surface area contributed by atoms with E-state index in [-0.39, 0.29) is 11.7 Å². The number of hydrogen-bond acceptors (Lipinski definition) is 7. The van der Waals surface area contributed by atoms with Gasteiger partial charge in [-0.3, -0.25) is 19.3 Å². The van der Waals surface area contributed by atoms with Gasteiger partial charge in [0.05, 0.1) is 4.91 Å². The van der Waals surface area contributed by atoms with Crippen LogP contribution < -0.4 is 19.5 Å². The average Bonchev–Trinajstić information content (AvgIpc) is 3.33. The molecule has 0 aromatic heterocycles. The van der Waals surface area contributed by atoms with Gasteiger partial charge in [0.15, 0.2) is 11.5 Å². The van der Waals surface area contributed by atoms with E-state index in [2.05, 4.69) is 27.8 Å². The first-order valence-electron chi connectivity index (χ1n) is 9.42. The maximum absolute atomic E-state index is 12.8. The Morgan fingerprint density at radius 1 is 1.22 bits per heavy atom. The summed E-state index contributed by atoms with van der Waals surface area (Å²) in [6.45, 7) is 3.63. The van der Waals surface area contributed by atoms with Crippen LogP contribution in [0.2, 0.25) is 0 Å². The lowest BCUT2D eigenvalue weighted by molar-refractivity contribution is -0.127. The van der Waals surface area contributed by atoms with Gasteiger partial charge in [0, 0.05) is 21.8 Å². The number of halogens is 1. The Hall–Kier alpha value is -3.24. The number of carbonyl (C=O) groups excluding carboxylic acids is 3. The molecule has 1 saturated heterocycles. The molecule has 0 atom stereocenters. The Labute approximate surface area is 196 Å². The van der Waals surface area contributed by atoms with Crippen molar-refractivity contribution in [2.45, 2.75) is 0 Å². The molecule has 32 heavy (non-hydrogen) atoms. The van der Waals surface area contributed by atoms with Gasteiger partial charge in [0.1, 0.15) is 18.9 Å². The van der Waals surface area contributed by atoms with E-state index in [4.69, 9.17) is 14.2 Å². The molecule has 0 unspecified atom stereocenters. The summed E-state index contributed by atoms with van der Waals surface area (Å²) in [6.07, 6.45) is 3.18. The molecule has 4 rings (SSSR count). The third-order valence-electron chi connectivity index (χ3n) is 4.45. The third kappa shape index (κ3) is 4.81. The molecule has 1 fully saturated rings. The number of fused-ring (bicyclic) bond motifs is 1. The average molecular weight is 517 g/mol. The summed E-state index contributed by atoms with van der Waals surface area (Å²) in [7, 11) is 0. The molecule has 2 aliphatic heterocycles. The molecule has 0 bridgehead atoms. The minimum absolute atomic E-state index is 0.119. The molecule has 2 aromatic rings. The maximum Gasteiger partial charge on any atom is 0.294 e. The van der Waals surface area contributed by atoms with Crippen molar-refractivity contribution in [2.75, 3.05) is 25.3 Å². The van der Waals surface area contributed by atoms with Crippen molar-refractivity contribution < 1.29 is 28.6 Å². The monoisotopic (exact) mass is 516 g/mol. The minimum atomic E-state index is -0.546. The lowest BCUT2D eigenvalue weighted by atomic mass is 10.2. The van der Waals surface area contributed by atoms with E-state index in [0.29, 0.717) is 35.1 Å². The molecule has 2 aromatic carbocycles. The van der Waals surface area contributed by atoms with E-state index in [1.807, 2.05) is 6.07 Å². The number of rotatable bonds is 7. The van der Waals surface area contributed by atoms with Crippen LogP contribution in [0.1, 0.15) is 5.56 Å². The van der Waals surface area contributed by atoms with Gasteiger partial charge in [0.2, 0.25) is 12.7 Å². The zero-order chi connectivity index (χ0) is 22.7. The number of benzene rings is 2. The highest BCUT2D eigenvalue weighted by Gasteiger charge is 2.36. The first-order chi connectivity index (χ1) is 15.4. The van der Waals surface area contributed by atoms with Crippen molar-refractivity contribution in [1.29, 1.82) is 0 Å². The summed E-state index contributed by atoms with van der Waals surface area (Å²) in [6, 6.07) is 10.3. The van der Waals surface area contributed by atoms with Crippen LogP contribution in [0.15, 0.2) is 58.4 Å². The molecule has 8 nitrogen and oxygen atoms in total. The van der Waals surface area contributed by atoms with Crippen molar-refractivity contribution in [3.63, 3.8) is 0 Å². The molecule has 2 aliphatic rings. The molecule has 3 amide bonds. The second-order valence-corrected chi connectivity index (χ2v) is 8.57. The quantitative estimate of drug-likeness (QED) is 0.430. The van der Waals surface area contributed by atoms with Gasteiger partial charge in [-0.1, -0.05) is 28.6 Å². The fraction of sp³-hybridized carbons (Fsp3) is 0.136. The molecule has 1 N–H and O–H groups in total. The topological polar surface area (TPSA) is 94.2 Å². The summed E-state index contributed by atoms with van der Waals surface area (Å²) in [5.74, 6) is 0.587. The van der Waals surface area contributed by atoms with Crippen molar-refractivity contribution >= 4 is 56.5 Å². The number of nitrogens with zero attached hydrogens (tertiary/aromatic N) is 1. The second kappa shape index (κ2) is 9.49. The van der Waals surface area contributed by atoms with Gasteiger partial charge >= 0.3 is 0 Å². The van der Waals surface area contributed by atoms with Gasteiger partial charge in [-0.2, -0.15) is 0 Å². The van der Waals surface area contributed by atoms with Crippen LogP contribution in [0, 0.1) is 0 Å². The highest BCUT2D eigenvalue weighted by Crippen LogP contribution is 2.36. The van der Waals surface area contributed by atoms with Crippen molar-refractivity contribution in [3.8, 4) is 17.2 Å². The second-order valence-electron chi connectivity index (χ2n) is 6.67. The first kappa shape index (κ1) is 22.0. The van der Waals surface area contributed by atoms with E-state index in [1.54, 1.807) is 42.5 Å². The van der Waals surface area contributed by atoms with Crippen LogP contribution >= 0.6 is 27.7 Å². The van der Waals surface area contributed by atoms with Gasteiger partial charge in [0.25, 0.3) is 11.1 Å². The van der Waals surface area contributed by atoms with Crippen LogP contribution in [0.5, 0.6) is 17.2 Å². The normalized spacial score (nSPS) is 15.9. The third-order valence-corrected chi connectivity index (χ3v) is 5.85. The predicted octanol–water partition coefficient (Wildman–Crippen LogP) is 4.42. The lowest BCUT2D eigenvalue weighted by Crippen LogP contribution is -2.36. The van der Waals surface area contributed by atoms with Crippen molar-refractivity contribution in [1.82, 2.24) is 4.90 Å². The molecule has 0 saturated carbocycles. The number of hydrogen-bond donors (Lipinski definition) is 1. The van der Waals surface area contributed by atoms with Crippen molar-refractivity contribution in [2.24, 2.45) is 0 Å². The molecule has 2 heterocycles. The Bertz CT molecular complexity index is 1150. The number of nitrogens with one attached hydrogen (secondary N) is 1. The zero-order valence-corrected chi connectivity index (χ0v) is 19.0. The fourth-order valence-corrected chi connectivity index (χ4v) is 4.22. The highest BCUT2D eigenvalue weighted by atomic mass is 79.9. The largest absolute Gasteiger partial charge is 0.489 e. The molecule has 10 heteroatoms. The number of imide groups is 1. The summed E-state index contributed by atoms with van der Waals surface area (Å²) in [5, 5.41) is 2.14. The molecule has 0 radical (unpaired) electrons. The van der Waals surface area contributed by atoms with Crippen LogP contribution in [-0.2, 0) is 9.59 Å². The number of thioether (sulfide) groups is 1. The van der Waals surface area contributed by atoms with Crippen LogP contribution in [0.25, 0.3) is 6.08 Å². The van der Waals surface area contributed by atoms with E-state index < -0.39 is 23.6 Å². The minimum Gasteiger partial charge on any atom is -0.489 e. The van der Waals surface area contributed by atoms with E-state index >= 15 is 0 Å². The summed E-state index contributed by atoms with van der Waals surface area (Å²) in [5.41, 5.74) is 1.09. The molecule has 0 spiro atoms. The predicted molar refractivity (Wildman–Crippen MR) is 124 cm³/mol. The van der Waals surface area contributed by atoms with E-state index in [9.17, 15) is 14.4 Å². The summed E-state index contributed by atoms with van der Waals surface area (Å²) in [4.78, 5) is 38.8. The lowest BCUT2D eigenvalue weighted by Gasteiger charge is -2.13. The first-order valence-corrected chi connectivity index (χ1v) is 11.0. The van der Waals surface area contributed by atoms with Crippen LogP contribution in [0.4, 0.5) is 10.5 Å². The molecular formula is C22H17BrN2O6S. The van der Waals surface area contributed by atoms with Crippen LogP contribution in [-0.4, -0.2) is 41.9 Å². The number of carbonyl (C=O) groups is 3. The molecule has 0 aliphatic carbocycles. The standard InChI is InChI=1S/C22H17BrN2O6S/c1-2-7-29-16-5-3-14(23)8-13(16)9-19-21(27)25(22(28)32-19)11-20(26)24-15-4-6-17-18(10-15)31-12-30-17/h2-6,8-10H,1,7,11-12H2,(H,24,26)/b19-9+. The van der Waals surface area contributed by atoms with Gasteiger partial charge in [-0.15, -0.1) is 0 Å². The molecule has 164 valence electrons. The Morgan fingerprint density at radius 2 is 2.03 bits per heavy atom. The maximum atomic E-state index is 12.8. The van der Waals surface area contributed by atoms with Crippen molar-refractivity contribution in [3.05, 3.63) is 64.0 Å². The number of anilines is 1. The summed E-state index contributed by atoms with van der Waals surface area (Å²) >= 11 is 4.16. The van der Waals surface area contributed by atoms with Gasteiger partial charge in [-0.05, 0) is 48.2 Å². The van der Waals surface area contributed by atoms with Crippen LogP contribution in [0.3, 0.4) is 0 Å². The van der Waals surface area contributed by atoms with E-state index in [1.165, 1.54) is 0 Å². The Morgan fingerprint density at radius 3 is 2.84 bits per heavy atom. The fourth-order valence-electron chi connectivity index (χ4n) is 3.01. The highest BCUT2D eigenvalue weighted by molar-refractivity contribution is 9.10. The number of ether oxygens (including phenoxy) is 3.